The molecule has 1 aromatic heterocycles. The highest BCUT2D eigenvalue weighted by Crippen LogP contribution is 2.24. The van der Waals surface area contributed by atoms with E-state index in [2.05, 4.69) is 20.5 Å². The first-order valence-corrected chi connectivity index (χ1v) is 6.55. The molecule has 0 bridgehead atoms. The number of amides is 1. The van der Waals surface area contributed by atoms with Gasteiger partial charge in [-0.05, 0) is 25.3 Å². The molecular weight excluding hydrogens is 230 g/mol. The van der Waals surface area contributed by atoms with Gasteiger partial charge in [0.2, 0.25) is 5.82 Å². The van der Waals surface area contributed by atoms with Gasteiger partial charge in [-0.1, -0.05) is 20.3 Å². The van der Waals surface area contributed by atoms with Crippen molar-refractivity contribution in [1.29, 1.82) is 0 Å². The van der Waals surface area contributed by atoms with E-state index in [9.17, 15) is 4.79 Å². The van der Waals surface area contributed by atoms with Crippen molar-refractivity contribution in [3.8, 4) is 0 Å². The summed E-state index contributed by atoms with van der Waals surface area (Å²) in [6.45, 7) is 4.63. The van der Waals surface area contributed by atoms with E-state index in [0.29, 0.717) is 12.5 Å². The van der Waals surface area contributed by atoms with Crippen LogP contribution in [0.4, 0.5) is 0 Å². The second kappa shape index (κ2) is 5.48. The Kier molecular flexibility index (Phi) is 3.96. The SMILES string of the molecule is CC(C)c1nc(C(=O)NC2CCCC2CN)n[nH]1. The summed E-state index contributed by atoms with van der Waals surface area (Å²) < 4.78 is 0. The molecule has 0 saturated heterocycles. The molecule has 1 saturated carbocycles. The first-order valence-electron chi connectivity index (χ1n) is 6.55. The number of H-pyrrole nitrogens is 1. The summed E-state index contributed by atoms with van der Waals surface area (Å²) in [6, 6.07) is 0.170. The van der Waals surface area contributed by atoms with E-state index in [-0.39, 0.29) is 23.7 Å². The van der Waals surface area contributed by atoms with Crippen LogP contribution >= 0.6 is 0 Å². The number of carbonyl (C=O) groups is 1. The Morgan fingerprint density at radius 1 is 1.56 bits per heavy atom. The van der Waals surface area contributed by atoms with E-state index in [1.54, 1.807) is 0 Å². The number of carbonyl (C=O) groups excluding carboxylic acids is 1. The third-order valence-electron chi connectivity index (χ3n) is 3.53. The molecule has 18 heavy (non-hydrogen) atoms. The van der Waals surface area contributed by atoms with E-state index in [1.807, 2.05) is 13.8 Å². The molecule has 6 nitrogen and oxygen atoms in total. The maximum absolute atomic E-state index is 12.0. The lowest BCUT2D eigenvalue weighted by molar-refractivity contribution is 0.0918. The van der Waals surface area contributed by atoms with Crippen molar-refractivity contribution in [2.24, 2.45) is 11.7 Å². The summed E-state index contributed by atoms with van der Waals surface area (Å²) in [5.41, 5.74) is 5.69. The lowest BCUT2D eigenvalue weighted by atomic mass is 10.0. The van der Waals surface area contributed by atoms with Gasteiger partial charge in [0, 0.05) is 12.0 Å². The van der Waals surface area contributed by atoms with Crippen LogP contribution in [0.15, 0.2) is 0 Å². The van der Waals surface area contributed by atoms with E-state index < -0.39 is 0 Å². The van der Waals surface area contributed by atoms with Crippen LogP contribution in [0, 0.1) is 5.92 Å². The number of rotatable bonds is 4. The average molecular weight is 251 g/mol. The highest BCUT2D eigenvalue weighted by molar-refractivity contribution is 5.90. The highest BCUT2D eigenvalue weighted by atomic mass is 16.2. The molecule has 6 heteroatoms. The molecule has 1 amide bonds. The molecule has 1 aliphatic carbocycles. The molecule has 1 aromatic rings. The molecule has 0 aromatic carbocycles. The lowest BCUT2D eigenvalue weighted by Gasteiger charge is -2.18. The number of hydrogen-bond acceptors (Lipinski definition) is 4. The molecule has 100 valence electrons. The van der Waals surface area contributed by atoms with Gasteiger partial charge in [0.05, 0.1) is 0 Å². The van der Waals surface area contributed by atoms with Crippen LogP contribution in [-0.4, -0.2) is 33.7 Å². The van der Waals surface area contributed by atoms with E-state index in [0.717, 1.165) is 25.1 Å². The Labute approximate surface area is 107 Å². The highest BCUT2D eigenvalue weighted by Gasteiger charge is 2.28. The minimum Gasteiger partial charge on any atom is -0.346 e. The largest absolute Gasteiger partial charge is 0.346 e. The Hall–Kier alpha value is -1.43. The Morgan fingerprint density at radius 2 is 2.33 bits per heavy atom. The summed E-state index contributed by atoms with van der Waals surface area (Å²) in [5.74, 6) is 1.38. The van der Waals surface area contributed by atoms with Crippen LogP contribution in [0.2, 0.25) is 0 Å². The zero-order valence-electron chi connectivity index (χ0n) is 10.9. The molecule has 0 aliphatic heterocycles. The van der Waals surface area contributed by atoms with Crippen molar-refractivity contribution in [2.75, 3.05) is 6.54 Å². The second-order valence-electron chi connectivity index (χ2n) is 5.21. The third kappa shape index (κ3) is 2.69. The minimum absolute atomic E-state index is 0.170. The molecule has 4 N–H and O–H groups in total. The molecule has 2 rings (SSSR count). The first kappa shape index (κ1) is 13.0. The number of aromatic amines is 1. The normalized spacial score (nSPS) is 23.6. The number of nitrogens with two attached hydrogens (primary N) is 1. The Bertz CT molecular complexity index is 414. The van der Waals surface area contributed by atoms with Gasteiger partial charge < -0.3 is 11.1 Å². The third-order valence-corrected chi connectivity index (χ3v) is 3.53. The lowest BCUT2D eigenvalue weighted by Crippen LogP contribution is -2.40. The molecule has 1 fully saturated rings. The van der Waals surface area contributed by atoms with Crippen molar-refractivity contribution in [1.82, 2.24) is 20.5 Å². The van der Waals surface area contributed by atoms with Crippen molar-refractivity contribution >= 4 is 5.91 Å². The van der Waals surface area contributed by atoms with Crippen LogP contribution in [0.3, 0.4) is 0 Å². The molecule has 0 radical (unpaired) electrons. The van der Waals surface area contributed by atoms with Crippen LogP contribution < -0.4 is 11.1 Å². The van der Waals surface area contributed by atoms with Gasteiger partial charge in [0.25, 0.3) is 5.91 Å². The van der Waals surface area contributed by atoms with Gasteiger partial charge in [-0.3, -0.25) is 9.89 Å². The van der Waals surface area contributed by atoms with Crippen LogP contribution in [0.5, 0.6) is 0 Å². The Morgan fingerprint density at radius 3 is 2.94 bits per heavy atom. The quantitative estimate of drug-likeness (QED) is 0.737. The predicted octanol–water partition coefficient (Wildman–Crippen LogP) is 0.785. The fraction of sp³-hybridized carbons (Fsp3) is 0.750. The van der Waals surface area contributed by atoms with Crippen LogP contribution in [-0.2, 0) is 0 Å². The van der Waals surface area contributed by atoms with Crippen molar-refractivity contribution in [3.05, 3.63) is 11.6 Å². The number of hydrogen-bond donors (Lipinski definition) is 3. The maximum Gasteiger partial charge on any atom is 0.291 e. The van der Waals surface area contributed by atoms with E-state index >= 15 is 0 Å². The topological polar surface area (TPSA) is 96.7 Å². The fourth-order valence-electron chi connectivity index (χ4n) is 2.38. The molecule has 0 spiro atoms. The van der Waals surface area contributed by atoms with Crippen molar-refractivity contribution in [3.63, 3.8) is 0 Å². The molecule has 2 atom stereocenters. The standard InChI is InChI=1S/C12H21N5O/c1-7(2)10-15-11(17-16-10)12(18)14-9-5-3-4-8(9)6-13/h7-9H,3-6,13H2,1-2H3,(H,14,18)(H,15,16,17). The molecular formula is C12H21N5O. The van der Waals surface area contributed by atoms with E-state index in [1.165, 1.54) is 0 Å². The summed E-state index contributed by atoms with van der Waals surface area (Å²) in [7, 11) is 0. The predicted molar refractivity (Wildman–Crippen MR) is 68.1 cm³/mol. The molecule has 1 heterocycles. The number of nitrogens with one attached hydrogen (secondary N) is 2. The van der Waals surface area contributed by atoms with Gasteiger partial charge in [-0.25, -0.2) is 4.98 Å². The van der Waals surface area contributed by atoms with Gasteiger partial charge in [0.1, 0.15) is 5.82 Å². The summed E-state index contributed by atoms with van der Waals surface area (Å²) in [6.07, 6.45) is 3.21. The maximum atomic E-state index is 12.0. The fourth-order valence-corrected chi connectivity index (χ4v) is 2.38. The second-order valence-corrected chi connectivity index (χ2v) is 5.21. The van der Waals surface area contributed by atoms with Crippen LogP contribution in [0.25, 0.3) is 0 Å². The number of aromatic nitrogens is 3. The van der Waals surface area contributed by atoms with Gasteiger partial charge in [-0.2, -0.15) is 0 Å². The van der Waals surface area contributed by atoms with Crippen LogP contribution in [0.1, 0.15) is 55.5 Å². The summed E-state index contributed by atoms with van der Waals surface area (Å²) in [5, 5.41) is 9.72. The summed E-state index contributed by atoms with van der Waals surface area (Å²) >= 11 is 0. The minimum atomic E-state index is -0.205. The van der Waals surface area contributed by atoms with Gasteiger partial charge in [0.15, 0.2) is 0 Å². The van der Waals surface area contributed by atoms with Gasteiger partial charge >= 0.3 is 0 Å². The number of nitrogens with zero attached hydrogens (tertiary/aromatic N) is 2. The molecule has 2 unspecified atom stereocenters. The zero-order chi connectivity index (χ0) is 13.1. The van der Waals surface area contributed by atoms with E-state index in [4.69, 9.17) is 5.73 Å². The molecule has 1 aliphatic rings. The zero-order valence-corrected chi connectivity index (χ0v) is 10.9. The average Bonchev–Trinajstić information content (AvgIpc) is 2.96. The van der Waals surface area contributed by atoms with Crippen molar-refractivity contribution in [2.45, 2.75) is 45.1 Å². The van der Waals surface area contributed by atoms with Gasteiger partial charge in [-0.15, -0.1) is 5.10 Å². The van der Waals surface area contributed by atoms with Crippen molar-refractivity contribution < 1.29 is 4.79 Å². The first-order chi connectivity index (χ1) is 8.61. The smallest absolute Gasteiger partial charge is 0.291 e. The summed E-state index contributed by atoms with van der Waals surface area (Å²) in [4.78, 5) is 16.2. The Balaban J connectivity index is 1.98. The monoisotopic (exact) mass is 251 g/mol.